The van der Waals surface area contributed by atoms with Gasteiger partial charge < -0.3 is 14.1 Å². The molecule has 3 rings (SSSR count). The standard InChI is InChI=1S/C21H22ClN3O4/c1-4-25-19(18(22)11-23-25)12-24(3)21(27)20-10-9-17(29-20)13-28-16-7-5-15(6-8-16)14(2)26/h5-11H,4,12-13H2,1-3H3. The average molecular weight is 416 g/mol. The van der Waals surface area contributed by atoms with Gasteiger partial charge in [-0.25, -0.2) is 0 Å². The van der Waals surface area contributed by atoms with E-state index in [1.165, 1.54) is 11.8 Å². The Kier molecular flexibility index (Phi) is 6.39. The summed E-state index contributed by atoms with van der Waals surface area (Å²) >= 11 is 6.17. The van der Waals surface area contributed by atoms with Crippen molar-refractivity contribution in [1.82, 2.24) is 14.7 Å². The van der Waals surface area contributed by atoms with Crippen molar-refractivity contribution >= 4 is 23.3 Å². The van der Waals surface area contributed by atoms with E-state index in [2.05, 4.69) is 5.10 Å². The summed E-state index contributed by atoms with van der Waals surface area (Å²) < 4.78 is 13.0. The van der Waals surface area contributed by atoms with E-state index in [-0.39, 0.29) is 24.1 Å². The Morgan fingerprint density at radius 2 is 1.93 bits per heavy atom. The number of ketones is 1. The van der Waals surface area contributed by atoms with Gasteiger partial charge in [0.2, 0.25) is 0 Å². The van der Waals surface area contributed by atoms with Crippen LogP contribution < -0.4 is 4.74 Å². The van der Waals surface area contributed by atoms with Crippen molar-refractivity contribution in [2.75, 3.05) is 7.05 Å². The Labute approximate surface area is 173 Å². The maximum atomic E-state index is 12.7. The number of carbonyl (C=O) groups excluding carboxylic acids is 2. The summed E-state index contributed by atoms with van der Waals surface area (Å²) in [7, 11) is 1.68. The van der Waals surface area contributed by atoms with Crippen LogP contribution in [0.15, 0.2) is 47.0 Å². The van der Waals surface area contributed by atoms with Crippen molar-refractivity contribution in [3.05, 3.63) is 70.4 Å². The highest BCUT2D eigenvalue weighted by molar-refractivity contribution is 6.31. The minimum Gasteiger partial charge on any atom is -0.486 e. The number of carbonyl (C=O) groups is 2. The maximum Gasteiger partial charge on any atom is 0.289 e. The molecule has 8 heteroatoms. The fourth-order valence-corrected chi connectivity index (χ4v) is 3.01. The molecule has 2 aromatic heterocycles. The molecule has 0 aliphatic carbocycles. The van der Waals surface area contributed by atoms with Crippen LogP contribution in [0, 0.1) is 0 Å². The molecular weight excluding hydrogens is 394 g/mol. The third kappa shape index (κ3) is 4.86. The minimum atomic E-state index is -0.262. The lowest BCUT2D eigenvalue weighted by molar-refractivity contribution is 0.0745. The van der Waals surface area contributed by atoms with Gasteiger partial charge >= 0.3 is 0 Å². The summed E-state index contributed by atoms with van der Waals surface area (Å²) in [5, 5.41) is 4.70. The third-order valence-corrected chi connectivity index (χ3v) is 4.76. The molecule has 0 aliphatic rings. The topological polar surface area (TPSA) is 77.6 Å². The van der Waals surface area contributed by atoms with E-state index in [9.17, 15) is 9.59 Å². The molecule has 7 nitrogen and oxygen atoms in total. The second-order valence-electron chi connectivity index (χ2n) is 6.55. The quantitative estimate of drug-likeness (QED) is 0.515. The Hall–Kier alpha value is -3.06. The number of furan rings is 1. The van der Waals surface area contributed by atoms with Crippen LogP contribution in [0.2, 0.25) is 5.02 Å². The minimum absolute atomic E-state index is 0.00173. The molecule has 152 valence electrons. The highest BCUT2D eigenvalue weighted by Gasteiger charge is 2.19. The summed E-state index contributed by atoms with van der Waals surface area (Å²) in [6, 6.07) is 10.2. The van der Waals surface area contributed by atoms with E-state index in [0.717, 1.165) is 5.69 Å². The molecule has 1 aromatic carbocycles. The van der Waals surface area contributed by atoms with Crippen molar-refractivity contribution in [2.45, 2.75) is 33.5 Å². The van der Waals surface area contributed by atoms with Gasteiger partial charge in [0.25, 0.3) is 5.91 Å². The first kappa shape index (κ1) is 20.7. The normalized spacial score (nSPS) is 10.8. The molecule has 0 bridgehead atoms. The van der Waals surface area contributed by atoms with Crippen LogP contribution in [0.3, 0.4) is 0 Å². The zero-order valence-electron chi connectivity index (χ0n) is 16.5. The Morgan fingerprint density at radius 1 is 1.21 bits per heavy atom. The molecule has 0 saturated heterocycles. The molecule has 0 spiro atoms. The van der Waals surface area contributed by atoms with Crippen molar-refractivity contribution in [1.29, 1.82) is 0 Å². The van der Waals surface area contributed by atoms with Gasteiger partial charge in [0.05, 0.1) is 23.5 Å². The van der Waals surface area contributed by atoms with Crippen LogP contribution in [-0.2, 0) is 19.7 Å². The highest BCUT2D eigenvalue weighted by atomic mass is 35.5. The first-order chi connectivity index (χ1) is 13.9. The first-order valence-electron chi connectivity index (χ1n) is 9.17. The number of rotatable bonds is 8. The van der Waals surface area contributed by atoms with Gasteiger partial charge in [-0.05, 0) is 50.2 Å². The average Bonchev–Trinajstić information content (AvgIpc) is 3.33. The number of benzene rings is 1. The molecule has 1 amide bonds. The number of ether oxygens (including phenoxy) is 1. The van der Waals surface area contributed by atoms with Crippen molar-refractivity contribution < 1.29 is 18.7 Å². The number of nitrogens with zero attached hydrogens (tertiary/aromatic N) is 3. The largest absolute Gasteiger partial charge is 0.486 e. The summed E-state index contributed by atoms with van der Waals surface area (Å²) in [6.07, 6.45) is 1.57. The molecule has 3 aromatic rings. The number of aromatic nitrogens is 2. The second-order valence-corrected chi connectivity index (χ2v) is 6.96. The molecule has 0 atom stereocenters. The smallest absolute Gasteiger partial charge is 0.289 e. The molecule has 0 aliphatic heterocycles. The molecule has 0 unspecified atom stereocenters. The SMILES string of the molecule is CCn1ncc(Cl)c1CN(C)C(=O)c1ccc(COc2ccc(C(C)=O)cc2)o1. The van der Waals surface area contributed by atoms with Gasteiger partial charge in [0.1, 0.15) is 18.1 Å². The van der Waals surface area contributed by atoms with E-state index < -0.39 is 0 Å². The van der Waals surface area contributed by atoms with Crippen LogP contribution in [0.4, 0.5) is 0 Å². The zero-order valence-corrected chi connectivity index (χ0v) is 17.3. The number of hydrogen-bond acceptors (Lipinski definition) is 5. The van der Waals surface area contributed by atoms with Gasteiger partial charge in [-0.15, -0.1) is 0 Å². The highest BCUT2D eigenvalue weighted by Crippen LogP contribution is 2.19. The summed E-state index contributed by atoms with van der Waals surface area (Å²) in [5.41, 5.74) is 1.39. The van der Waals surface area contributed by atoms with E-state index >= 15 is 0 Å². The Bertz CT molecular complexity index is 1010. The van der Waals surface area contributed by atoms with Gasteiger partial charge in [-0.1, -0.05) is 11.6 Å². The first-order valence-corrected chi connectivity index (χ1v) is 9.55. The fourth-order valence-electron chi connectivity index (χ4n) is 2.81. The van der Waals surface area contributed by atoms with Crippen LogP contribution in [0.5, 0.6) is 5.75 Å². The number of aryl methyl sites for hydroxylation is 1. The van der Waals surface area contributed by atoms with Crippen LogP contribution in [0.1, 0.15) is 46.2 Å². The van der Waals surface area contributed by atoms with E-state index in [1.807, 2.05) is 6.92 Å². The number of halogens is 1. The molecule has 29 heavy (non-hydrogen) atoms. The summed E-state index contributed by atoms with van der Waals surface area (Å²) in [5.74, 6) is 1.09. The summed E-state index contributed by atoms with van der Waals surface area (Å²) in [4.78, 5) is 25.5. The molecular formula is C21H22ClN3O4. The second kappa shape index (κ2) is 8.96. The molecule has 2 heterocycles. The molecule has 0 fully saturated rings. The lowest BCUT2D eigenvalue weighted by Crippen LogP contribution is -2.27. The third-order valence-electron chi connectivity index (χ3n) is 4.45. The van der Waals surface area contributed by atoms with Crippen LogP contribution >= 0.6 is 11.6 Å². The molecule has 0 saturated carbocycles. The molecule has 0 radical (unpaired) electrons. The fraction of sp³-hybridized carbons (Fsp3) is 0.286. The van der Waals surface area contributed by atoms with E-state index in [0.29, 0.717) is 35.2 Å². The Morgan fingerprint density at radius 3 is 2.59 bits per heavy atom. The number of amides is 1. The van der Waals surface area contributed by atoms with Crippen LogP contribution in [0.25, 0.3) is 0 Å². The zero-order chi connectivity index (χ0) is 21.0. The van der Waals surface area contributed by atoms with Gasteiger partial charge in [0.15, 0.2) is 11.5 Å². The summed E-state index contributed by atoms with van der Waals surface area (Å²) in [6.45, 7) is 4.63. The number of Topliss-reactive ketones (excluding diaryl/α,β-unsaturated/α-hetero) is 1. The predicted octanol–water partition coefficient (Wildman–Crippen LogP) is 4.20. The van der Waals surface area contributed by atoms with E-state index in [4.69, 9.17) is 20.8 Å². The van der Waals surface area contributed by atoms with Crippen molar-refractivity contribution in [2.24, 2.45) is 0 Å². The van der Waals surface area contributed by atoms with E-state index in [1.54, 1.807) is 54.3 Å². The van der Waals surface area contributed by atoms with Crippen molar-refractivity contribution in [3.63, 3.8) is 0 Å². The molecule has 0 N–H and O–H groups in total. The number of hydrogen-bond donors (Lipinski definition) is 0. The van der Waals surface area contributed by atoms with Gasteiger partial charge in [-0.2, -0.15) is 5.10 Å². The maximum absolute atomic E-state index is 12.7. The Balaban J connectivity index is 1.60. The van der Waals surface area contributed by atoms with Crippen molar-refractivity contribution in [3.8, 4) is 5.75 Å². The van der Waals surface area contributed by atoms with Gasteiger partial charge in [-0.3, -0.25) is 14.3 Å². The predicted molar refractivity (Wildman–Crippen MR) is 108 cm³/mol. The lowest BCUT2D eigenvalue weighted by atomic mass is 10.1. The monoisotopic (exact) mass is 415 g/mol. The van der Waals surface area contributed by atoms with Crippen LogP contribution in [-0.4, -0.2) is 33.4 Å². The lowest BCUT2D eigenvalue weighted by Gasteiger charge is -2.16. The van der Waals surface area contributed by atoms with Gasteiger partial charge in [0, 0.05) is 19.2 Å².